The SMILES string of the molecule is O=C(Nc1cccc(OC[C@@H](O)CO)c1)c1ccc2cccc(-c3cccc(OC(F)(F)F)c3)c2n1. The van der Waals surface area contributed by atoms with Crippen molar-refractivity contribution in [1.29, 1.82) is 0 Å². The molecule has 36 heavy (non-hydrogen) atoms. The Labute approximate surface area is 203 Å². The van der Waals surface area contributed by atoms with E-state index in [2.05, 4.69) is 15.0 Å². The summed E-state index contributed by atoms with van der Waals surface area (Å²) in [4.78, 5) is 17.4. The summed E-state index contributed by atoms with van der Waals surface area (Å²) in [5.74, 6) is -0.483. The second kappa shape index (κ2) is 10.6. The van der Waals surface area contributed by atoms with Crippen molar-refractivity contribution in [3.05, 3.63) is 84.6 Å². The van der Waals surface area contributed by atoms with E-state index in [0.717, 1.165) is 0 Å². The Kier molecular flexibility index (Phi) is 7.37. The Hall–Kier alpha value is -4.15. The molecular formula is C26H21F3N2O5. The lowest BCUT2D eigenvalue weighted by Gasteiger charge is -2.12. The summed E-state index contributed by atoms with van der Waals surface area (Å²) in [5, 5.41) is 21.7. The maximum Gasteiger partial charge on any atom is 0.573 e. The molecule has 10 heteroatoms. The number of halogens is 3. The van der Waals surface area contributed by atoms with E-state index < -0.39 is 25.0 Å². The monoisotopic (exact) mass is 498 g/mol. The number of carbonyl (C=O) groups is 1. The number of aliphatic hydroxyl groups excluding tert-OH is 2. The molecule has 0 spiro atoms. The average molecular weight is 498 g/mol. The van der Waals surface area contributed by atoms with Gasteiger partial charge in [0.05, 0.1) is 12.1 Å². The van der Waals surface area contributed by atoms with Crippen molar-refractivity contribution in [2.45, 2.75) is 12.5 Å². The fraction of sp³-hybridized carbons (Fsp3) is 0.154. The van der Waals surface area contributed by atoms with E-state index in [-0.39, 0.29) is 18.1 Å². The van der Waals surface area contributed by atoms with Crippen LogP contribution in [0.25, 0.3) is 22.0 Å². The van der Waals surface area contributed by atoms with Gasteiger partial charge in [0, 0.05) is 22.7 Å². The van der Waals surface area contributed by atoms with Gasteiger partial charge in [-0.05, 0) is 35.9 Å². The molecule has 186 valence electrons. The zero-order valence-electron chi connectivity index (χ0n) is 18.7. The molecule has 0 aliphatic heterocycles. The number of pyridine rings is 1. The average Bonchev–Trinajstić information content (AvgIpc) is 2.86. The minimum Gasteiger partial charge on any atom is -0.491 e. The van der Waals surface area contributed by atoms with Gasteiger partial charge in [-0.1, -0.05) is 42.5 Å². The number of rotatable bonds is 8. The van der Waals surface area contributed by atoms with Gasteiger partial charge in [0.15, 0.2) is 0 Å². The van der Waals surface area contributed by atoms with Crippen LogP contribution in [0.15, 0.2) is 78.9 Å². The largest absolute Gasteiger partial charge is 0.573 e. The lowest BCUT2D eigenvalue weighted by Crippen LogP contribution is -2.21. The normalized spacial score (nSPS) is 12.2. The Morgan fingerprint density at radius 1 is 0.972 bits per heavy atom. The molecule has 0 aliphatic carbocycles. The molecule has 0 unspecified atom stereocenters. The molecule has 1 aromatic heterocycles. The maximum absolute atomic E-state index is 12.9. The number of alkyl halides is 3. The number of nitrogens with one attached hydrogen (secondary N) is 1. The number of nitrogens with zero attached hydrogens (tertiary/aromatic N) is 1. The molecule has 1 atom stereocenters. The van der Waals surface area contributed by atoms with Crippen LogP contribution in [0.2, 0.25) is 0 Å². The predicted molar refractivity (Wildman–Crippen MR) is 127 cm³/mol. The molecule has 4 aromatic rings. The number of carbonyl (C=O) groups excluding carboxylic acids is 1. The zero-order chi connectivity index (χ0) is 25.7. The summed E-state index contributed by atoms with van der Waals surface area (Å²) in [6, 6.07) is 20.5. The van der Waals surface area contributed by atoms with Crippen LogP contribution in [-0.2, 0) is 0 Å². The van der Waals surface area contributed by atoms with E-state index >= 15 is 0 Å². The van der Waals surface area contributed by atoms with Gasteiger partial charge in [-0.2, -0.15) is 0 Å². The van der Waals surface area contributed by atoms with Crippen molar-refractivity contribution in [3.63, 3.8) is 0 Å². The smallest absolute Gasteiger partial charge is 0.491 e. The van der Waals surface area contributed by atoms with Crippen LogP contribution in [-0.4, -0.2) is 46.8 Å². The first-order chi connectivity index (χ1) is 17.2. The van der Waals surface area contributed by atoms with E-state index in [0.29, 0.717) is 33.5 Å². The summed E-state index contributed by atoms with van der Waals surface area (Å²) in [5.41, 5.74) is 1.93. The molecule has 7 nitrogen and oxygen atoms in total. The summed E-state index contributed by atoms with van der Waals surface area (Å²) >= 11 is 0. The topological polar surface area (TPSA) is 101 Å². The van der Waals surface area contributed by atoms with E-state index in [1.54, 1.807) is 60.7 Å². The molecule has 0 radical (unpaired) electrons. The van der Waals surface area contributed by atoms with Crippen LogP contribution < -0.4 is 14.8 Å². The van der Waals surface area contributed by atoms with Gasteiger partial charge in [0.2, 0.25) is 0 Å². The molecule has 0 bridgehead atoms. The highest BCUT2D eigenvalue weighted by Gasteiger charge is 2.31. The molecule has 3 N–H and O–H groups in total. The van der Waals surface area contributed by atoms with Gasteiger partial charge in [0.25, 0.3) is 5.91 Å². The molecule has 1 heterocycles. The van der Waals surface area contributed by atoms with Crippen LogP contribution in [0.1, 0.15) is 10.5 Å². The molecule has 1 amide bonds. The van der Waals surface area contributed by atoms with E-state index in [1.165, 1.54) is 18.2 Å². The van der Waals surface area contributed by atoms with Crippen LogP contribution in [0.4, 0.5) is 18.9 Å². The number of anilines is 1. The van der Waals surface area contributed by atoms with Crippen LogP contribution in [0.3, 0.4) is 0 Å². The number of benzene rings is 3. The molecule has 0 saturated heterocycles. The molecule has 0 aliphatic rings. The first-order valence-corrected chi connectivity index (χ1v) is 10.8. The third-order valence-electron chi connectivity index (χ3n) is 5.08. The molecule has 0 fully saturated rings. The van der Waals surface area contributed by atoms with E-state index in [9.17, 15) is 23.1 Å². The second-order valence-electron chi connectivity index (χ2n) is 7.78. The number of hydrogen-bond acceptors (Lipinski definition) is 6. The van der Waals surface area contributed by atoms with Crippen molar-refractivity contribution in [1.82, 2.24) is 4.98 Å². The van der Waals surface area contributed by atoms with Crippen molar-refractivity contribution in [2.75, 3.05) is 18.5 Å². The van der Waals surface area contributed by atoms with Gasteiger partial charge in [-0.15, -0.1) is 13.2 Å². The Morgan fingerprint density at radius 3 is 2.50 bits per heavy atom. The first kappa shape index (κ1) is 25.0. The van der Waals surface area contributed by atoms with Gasteiger partial charge < -0.3 is 25.0 Å². The predicted octanol–water partition coefficient (Wildman–Crippen LogP) is 4.78. The van der Waals surface area contributed by atoms with Gasteiger partial charge >= 0.3 is 6.36 Å². The van der Waals surface area contributed by atoms with Crippen molar-refractivity contribution in [2.24, 2.45) is 0 Å². The van der Waals surface area contributed by atoms with Gasteiger partial charge in [0.1, 0.15) is 29.9 Å². The third-order valence-corrected chi connectivity index (χ3v) is 5.08. The number of para-hydroxylation sites is 1. The summed E-state index contributed by atoms with van der Waals surface area (Å²) in [6.45, 7) is -0.552. The van der Waals surface area contributed by atoms with Crippen LogP contribution in [0, 0.1) is 0 Å². The molecule has 3 aromatic carbocycles. The van der Waals surface area contributed by atoms with Crippen LogP contribution in [0.5, 0.6) is 11.5 Å². The number of hydrogen-bond donors (Lipinski definition) is 3. The van der Waals surface area contributed by atoms with Gasteiger partial charge in [-0.25, -0.2) is 4.98 Å². The minimum atomic E-state index is -4.82. The highest BCUT2D eigenvalue weighted by atomic mass is 19.4. The standard InChI is InChI=1S/C26H21F3N2O5/c27-26(28,29)36-21-8-1-5-17(12-21)22-9-2-4-16-10-11-23(31-24(16)22)25(34)30-18-6-3-7-20(13-18)35-15-19(33)14-32/h1-13,19,32-33H,14-15H2,(H,30,34)/t19-/m0/s1. The fourth-order valence-electron chi connectivity index (χ4n) is 3.47. The summed E-state index contributed by atoms with van der Waals surface area (Å²) < 4.78 is 47.4. The fourth-order valence-corrected chi connectivity index (χ4v) is 3.47. The Bertz CT molecular complexity index is 1380. The van der Waals surface area contributed by atoms with E-state index in [1.807, 2.05) is 0 Å². The lowest BCUT2D eigenvalue weighted by molar-refractivity contribution is -0.274. The summed E-state index contributed by atoms with van der Waals surface area (Å²) in [7, 11) is 0. The Balaban J connectivity index is 1.59. The number of ether oxygens (including phenoxy) is 2. The number of fused-ring (bicyclic) bond motifs is 1. The number of aromatic nitrogens is 1. The van der Waals surface area contributed by atoms with Gasteiger partial charge in [-0.3, -0.25) is 4.79 Å². The molecule has 4 rings (SSSR count). The highest BCUT2D eigenvalue weighted by molar-refractivity contribution is 6.05. The van der Waals surface area contributed by atoms with E-state index in [4.69, 9.17) is 9.84 Å². The summed E-state index contributed by atoms with van der Waals surface area (Å²) in [6.07, 6.45) is -5.85. The number of aliphatic hydroxyl groups is 2. The lowest BCUT2D eigenvalue weighted by atomic mass is 10.0. The molecular weight excluding hydrogens is 477 g/mol. The highest BCUT2D eigenvalue weighted by Crippen LogP contribution is 2.32. The molecule has 0 saturated carbocycles. The Morgan fingerprint density at radius 2 is 1.72 bits per heavy atom. The van der Waals surface area contributed by atoms with Crippen LogP contribution >= 0.6 is 0 Å². The number of amides is 1. The van der Waals surface area contributed by atoms with Crippen molar-refractivity contribution in [3.8, 4) is 22.6 Å². The first-order valence-electron chi connectivity index (χ1n) is 10.8. The minimum absolute atomic E-state index is 0.0969. The van der Waals surface area contributed by atoms with Crippen molar-refractivity contribution < 1.29 is 37.7 Å². The maximum atomic E-state index is 12.9. The van der Waals surface area contributed by atoms with Crippen molar-refractivity contribution >= 4 is 22.5 Å². The third kappa shape index (κ3) is 6.29. The quantitative estimate of drug-likeness (QED) is 0.323. The second-order valence-corrected chi connectivity index (χ2v) is 7.78. The zero-order valence-corrected chi connectivity index (χ0v) is 18.7.